The zero-order valence-electron chi connectivity index (χ0n) is 11.1. The molecule has 3 aliphatic rings. The second-order valence-electron chi connectivity index (χ2n) is 5.84. The first-order valence-corrected chi connectivity index (χ1v) is 8.32. The van der Waals surface area contributed by atoms with Crippen molar-refractivity contribution >= 4 is 17.7 Å². The summed E-state index contributed by atoms with van der Waals surface area (Å²) < 4.78 is 2.08. The standard InChI is InChI=1S/C14H20N4S/c15-12-11-9-5-2-1-3-6-10(9)19-13(11)17-14-16-7-4-8-18(12)14/h9-10,15H,1-8H2,(H,16,17). The number of nitrogens with zero attached hydrogens (tertiary/aromatic N) is 2. The smallest absolute Gasteiger partial charge is 0.205 e. The second-order valence-corrected chi connectivity index (χ2v) is 7.06. The maximum Gasteiger partial charge on any atom is 0.205 e. The molecular formula is C14H20N4S. The lowest BCUT2D eigenvalue weighted by molar-refractivity contribution is 0.540. The molecule has 0 radical (unpaired) electrons. The van der Waals surface area contributed by atoms with Crippen molar-refractivity contribution in [1.82, 2.24) is 9.55 Å². The third-order valence-corrected chi connectivity index (χ3v) is 6.05. The minimum atomic E-state index is 0.585. The van der Waals surface area contributed by atoms with Crippen LogP contribution in [-0.4, -0.2) is 21.3 Å². The van der Waals surface area contributed by atoms with E-state index in [4.69, 9.17) is 10.4 Å². The highest BCUT2D eigenvalue weighted by atomic mass is 32.2. The number of hydrogen-bond acceptors (Lipinski definition) is 4. The van der Waals surface area contributed by atoms with E-state index in [0.717, 1.165) is 36.0 Å². The topological polar surface area (TPSA) is 53.7 Å². The molecule has 0 amide bonds. The quantitative estimate of drug-likeness (QED) is 0.716. The van der Waals surface area contributed by atoms with Crippen LogP contribution in [0.3, 0.4) is 0 Å². The molecule has 19 heavy (non-hydrogen) atoms. The van der Waals surface area contributed by atoms with E-state index in [1.807, 2.05) is 11.8 Å². The molecule has 1 fully saturated rings. The molecule has 2 unspecified atom stereocenters. The molecule has 2 aliphatic heterocycles. The van der Waals surface area contributed by atoms with Gasteiger partial charge in [0.2, 0.25) is 5.95 Å². The molecule has 0 bridgehead atoms. The summed E-state index contributed by atoms with van der Waals surface area (Å²) >= 11 is 1.94. The van der Waals surface area contributed by atoms with Gasteiger partial charge in [0.15, 0.2) is 0 Å². The number of hydrogen-bond donors (Lipinski definition) is 2. The molecule has 1 aromatic heterocycles. The summed E-state index contributed by atoms with van der Waals surface area (Å²) in [6.07, 6.45) is 7.69. The van der Waals surface area contributed by atoms with Gasteiger partial charge < -0.3 is 5.32 Å². The molecule has 1 aromatic rings. The van der Waals surface area contributed by atoms with Gasteiger partial charge in [-0.2, -0.15) is 0 Å². The molecule has 5 heteroatoms. The number of nitrogens with one attached hydrogen (secondary N) is 2. The van der Waals surface area contributed by atoms with Crippen LogP contribution in [0.25, 0.3) is 0 Å². The summed E-state index contributed by atoms with van der Waals surface area (Å²) in [4.78, 5) is 4.80. The Morgan fingerprint density at radius 3 is 3.05 bits per heavy atom. The summed E-state index contributed by atoms with van der Waals surface area (Å²) in [5, 5.41) is 13.7. The van der Waals surface area contributed by atoms with Gasteiger partial charge in [-0.3, -0.25) is 9.98 Å². The summed E-state index contributed by atoms with van der Waals surface area (Å²) in [6.45, 7) is 1.94. The van der Waals surface area contributed by atoms with Gasteiger partial charge in [0.05, 0.1) is 0 Å². The number of aromatic nitrogens is 2. The lowest BCUT2D eigenvalue weighted by atomic mass is 9.93. The van der Waals surface area contributed by atoms with Crippen LogP contribution in [0.2, 0.25) is 0 Å². The van der Waals surface area contributed by atoms with Crippen LogP contribution >= 0.6 is 11.8 Å². The fourth-order valence-corrected chi connectivity index (χ4v) is 5.19. The molecule has 1 aliphatic carbocycles. The van der Waals surface area contributed by atoms with Crippen molar-refractivity contribution in [3.8, 4) is 0 Å². The van der Waals surface area contributed by atoms with Gasteiger partial charge >= 0.3 is 0 Å². The van der Waals surface area contributed by atoms with E-state index in [1.54, 1.807) is 0 Å². The van der Waals surface area contributed by atoms with Crippen LogP contribution in [0, 0.1) is 5.41 Å². The molecule has 3 heterocycles. The van der Waals surface area contributed by atoms with E-state index >= 15 is 0 Å². The molecule has 102 valence electrons. The Morgan fingerprint density at radius 2 is 2.11 bits per heavy atom. The summed E-state index contributed by atoms with van der Waals surface area (Å²) in [7, 11) is 0. The first kappa shape index (κ1) is 11.8. The summed E-state index contributed by atoms with van der Waals surface area (Å²) in [6, 6.07) is 0. The molecule has 1 saturated carbocycles. The van der Waals surface area contributed by atoms with Gasteiger partial charge in [-0.05, 0) is 19.3 Å². The predicted octanol–water partition coefficient (Wildman–Crippen LogP) is 2.70. The summed E-state index contributed by atoms with van der Waals surface area (Å²) in [5.41, 5.74) is 1.98. The van der Waals surface area contributed by atoms with Crippen LogP contribution in [0.5, 0.6) is 0 Å². The molecule has 0 saturated heterocycles. The highest BCUT2D eigenvalue weighted by molar-refractivity contribution is 8.00. The number of anilines is 1. The van der Waals surface area contributed by atoms with Crippen molar-refractivity contribution in [3.05, 3.63) is 11.1 Å². The minimum Gasteiger partial charge on any atom is -0.356 e. The normalized spacial score (nSPS) is 28.8. The average Bonchev–Trinajstić information content (AvgIpc) is 2.62. The molecule has 0 aromatic carbocycles. The molecule has 4 nitrogen and oxygen atoms in total. The third-order valence-electron chi connectivity index (χ3n) is 4.65. The monoisotopic (exact) mass is 276 g/mol. The van der Waals surface area contributed by atoms with E-state index in [0.29, 0.717) is 11.2 Å². The molecular weight excluding hydrogens is 256 g/mol. The zero-order chi connectivity index (χ0) is 12.8. The lowest BCUT2D eigenvalue weighted by Gasteiger charge is -2.22. The van der Waals surface area contributed by atoms with Crippen LogP contribution in [0.1, 0.15) is 50.0 Å². The van der Waals surface area contributed by atoms with Gasteiger partial charge in [-0.25, -0.2) is 4.98 Å². The minimum absolute atomic E-state index is 0.585. The first-order valence-electron chi connectivity index (χ1n) is 7.44. The van der Waals surface area contributed by atoms with Crippen LogP contribution in [-0.2, 0) is 6.54 Å². The van der Waals surface area contributed by atoms with Gasteiger partial charge in [-0.15, -0.1) is 11.8 Å². The van der Waals surface area contributed by atoms with Gasteiger partial charge in [0.1, 0.15) is 10.5 Å². The average molecular weight is 276 g/mol. The maximum atomic E-state index is 8.57. The Kier molecular flexibility index (Phi) is 2.83. The highest BCUT2D eigenvalue weighted by Crippen LogP contribution is 2.49. The lowest BCUT2D eigenvalue weighted by Crippen LogP contribution is -2.33. The molecule has 0 spiro atoms. The SMILES string of the molecule is N=c1c2c(nc3n1CCCN3)SC1CCCCCC21. The number of rotatable bonds is 0. The number of fused-ring (bicyclic) bond motifs is 4. The van der Waals surface area contributed by atoms with E-state index < -0.39 is 0 Å². The molecule has 2 atom stereocenters. The van der Waals surface area contributed by atoms with Gasteiger partial charge in [0.25, 0.3) is 0 Å². The van der Waals surface area contributed by atoms with E-state index in [9.17, 15) is 0 Å². The predicted molar refractivity (Wildman–Crippen MR) is 76.7 cm³/mol. The van der Waals surface area contributed by atoms with E-state index in [-0.39, 0.29) is 0 Å². The van der Waals surface area contributed by atoms with Gasteiger partial charge in [-0.1, -0.05) is 19.3 Å². The van der Waals surface area contributed by atoms with Crippen LogP contribution in [0.4, 0.5) is 5.95 Å². The van der Waals surface area contributed by atoms with E-state index in [1.165, 1.54) is 37.7 Å². The van der Waals surface area contributed by atoms with Crippen LogP contribution < -0.4 is 10.8 Å². The van der Waals surface area contributed by atoms with Crippen molar-refractivity contribution in [2.75, 3.05) is 11.9 Å². The fraction of sp³-hybridized carbons (Fsp3) is 0.714. The Labute approximate surface area is 117 Å². The Hall–Kier alpha value is -0.970. The highest BCUT2D eigenvalue weighted by Gasteiger charge is 2.37. The summed E-state index contributed by atoms with van der Waals surface area (Å²) in [5.74, 6) is 1.50. The Bertz CT molecular complexity index is 565. The van der Waals surface area contributed by atoms with Crippen molar-refractivity contribution in [1.29, 1.82) is 5.41 Å². The fourth-order valence-electron chi connectivity index (χ4n) is 3.67. The number of thioether (sulfide) groups is 1. The Morgan fingerprint density at radius 1 is 1.21 bits per heavy atom. The largest absolute Gasteiger partial charge is 0.356 e. The van der Waals surface area contributed by atoms with Crippen molar-refractivity contribution in [2.24, 2.45) is 0 Å². The van der Waals surface area contributed by atoms with Crippen molar-refractivity contribution in [3.63, 3.8) is 0 Å². The van der Waals surface area contributed by atoms with Gasteiger partial charge in [0, 0.05) is 29.8 Å². The maximum absolute atomic E-state index is 8.57. The van der Waals surface area contributed by atoms with E-state index in [2.05, 4.69) is 9.88 Å². The molecule has 2 N–H and O–H groups in total. The molecule has 4 rings (SSSR count). The van der Waals surface area contributed by atoms with Crippen molar-refractivity contribution in [2.45, 2.75) is 61.3 Å². The zero-order valence-corrected chi connectivity index (χ0v) is 11.9. The van der Waals surface area contributed by atoms with Crippen molar-refractivity contribution < 1.29 is 0 Å². The third kappa shape index (κ3) is 1.82. The first-order chi connectivity index (χ1) is 9.34. The second kappa shape index (κ2) is 4.54. The van der Waals surface area contributed by atoms with Crippen LogP contribution in [0.15, 0.2) is 5.03 Å². The Balaban J connectivity index is 1.84.